The Kier molecular flexibility index (Phi) is 5.17. The molecule has 0 saturated heterocycles. The molecule has 18 heavy (non-hydrogen) atoms. The first-order chi connectivity index (χ1) is 8.49. The first-order valence-electron chi connectivity index (χ1n) is 5.19. The molecule has 0 aromatic heterocycles. The molecule has 0 unspecified atom stereocenters. The summed E-state index contributed by atoms with van der Waals surface area (Å²) in [7, 11) is 0. The van der Waals surface area contributed by atoms with Gasteiger partial charge in [-0.15, -0.1) is 0 Å². The lowest BCUT2D eigenvalue weighted by atomic mass is 10.1. The summed E-state index contributed by atoms with van der Waals surface area (Å²) in [6.45, 7) is 0. The third-order valence-electron chi connectivity index (χ3n) is 2.21. The number of aryl methyl sites for hydroxylation is 1. The van der Waals surface area contributed by atoms with E-state index in [2.05, 4.69) is 0 Å². The van der Waals surface area contributed by atoms with Crippen molar-refractivity contribution >= 4 is 12.0 Å². The van der Waals surface area contributed by atoms with E-state index in [9.17, 15) is 18.0 Å². The summed E-state index contributed by atoms with van der Waals surface area (Å²) >= 11 is 0. The van der Waals surface area contributed by atoms with Crippen molar-refractivity contribution in [2.75, 3.05) is 0 Å². The zero-order chi connectivity index (χ0) is 13.5. The van der Waals surface area contributed by atoms with Crippen LogP contribution in [-0.2, 0) is 11.2 Å². The molecule has 0 heterocycles. The summed E-state index contributed by atoms with van der Waals surface area (Å²) in [5.74, 6) is -2.87. The molecule has 0 atom stereocenters. The maximum absolute atomic E-state index is 12.8. The van der Waals surface area contributed by atoms with Crippen molar-refractivity contribution in [1.29, 1.82) is 0 Å². The lowest BCUT2D eigenvalue weighted by Gasteiger charge is -1.99. The minimum absolute atomic E-state index is 0.223. The second kappa shape index (κ2) is 6.64. The highest BCUT2D eigenvalue weighted by Crippen LogP contribution is 2.12. The normalized spacial score (nSPS) is 11.2. The van der Waals surface area contributed by atoms with Gasteiger partial charge in [0.25, 0.3) is 6.08 Å². The van der Waals surface area contributed by atoms with Crippen LogP contribution < -0.4 is 0 Å². The van der Waals surface area contributed by atoms with Gasteiger partial charge in [0, 0.05) is 0 Å². The highest BCUT2D eigenvalue weighted by atomic mass is 19.3. The fourth-order valence-electron chi connectivity index (χ4n) is 1.34. The van der Waals surface area contributed by atoms with Crippen molar-refractivity contribution in [3.63, 3.8) is 0 Å². The van der Waals surface area contributed by atoms with Gasteiger partial charge in [-0.3, -0.25) is 0 Å². The summed E-state index contributed by atoms with van der Waals surface area (Å²) in [6, 6.07) is 6.36. The van der Waals surface area contributed by atoms with Crippen molar-refractivity contribution in [1.82, 2.24) is 0 Å². The average molecular weight is 256 g/mol. The van der Waals surface area contributed by atoms with E-state index >= 15 is 0 Å². The SMILES string of the molecule is O=C(O)/C(F)=C/c1ccc(CCC=C(F)F)cc1. The van der Waals surface area contributed by atoms with Crippen LogP contribution in [0.1, 0.15) is 17.5 Å². The fraction of sp³-hybridized carbons (Fsp3) is 0.154. The monoisotopic (exact) mass is 256 g/mol. The molecule has 0 radical (unpaired) electrons. The Balaban J connectivity index is 2.66. The molecule has 0 aliphatic rings. The maximum atomic E-state index is 12.8. The Bertz CT molecular complexity index is 472. The summed E-state index contributed by atoms with van der Waals surface area (Å²) in [5, 5.41) is 8.35. The smallest absolute Gasteiger partial charge is 0.364 e. The van der Waals surface area contributed by atoms with Gasteiger partial charge < -0.3 is 5.11 Å². The van der Waals surface area contributed by atoms with E-state index in [1.54, 1.807) is 12.1 Å². The molecule has 0 spiro atoms. The van der Waals surface area contributed by atoms with E-state index in [4.69, 9.17) is 5.11 Å². The van der Waals surface area contributed by atoms with Gasteiger partial charge in [0.1, 0.15) is 0 Å². The third-order valence-corrected chi connectivity index (χ3v) is 2.21. The van der Waals surface area contributed by atoms with Crippen molar-refractivity contribution in [2.24, 2.45) is 0 Å². The Morgan fingerprint density at radius 3 is 2.28 bits per heavy atom. The van der Waals surface area contributed by atoms with Gasteiger partial charge >= 0.3 is 5.97 Å². The van der Waals surface area contributed by atoms with Gasteiger partial charge in [0.2, 0.25) is 5.83 Å². The van der Waals surface area contributed by atoms with E-state index in [1.165, 1.54) is 12.1 Å². The first-order valence-corrected chi connectivity index (χ1v) is 5.19. The molecule has 1 aromatic rings. The predicted octanol–water partition coefficient (Wildman–Crippen LogP) is 3.79. The average Bonchev–Trinajstić information content (AvgIpc) is 2.30. The number of hydrogen-bond acceptors (Lipinski definition) is 1. The van der Waals surface area contributed by atoms with Gasteiger partial charge in [-0.05, 0) is 36.1 Å². The number of carboxylic acid groups (broad SMARTS) is 1. The number of allylic oxidation sites excluding steroid dienone is 1. The maximum Gasteiger partial charge on any atom is 0.364 e. The molecule has 1 N–H and O–H groups in total. The number of rotatable bonds is 5. The quantitative estimate of drug-likeness (QED) is 0.814. The second-order valence-electron chi connectivity index (χ2n) is 3.57. The van der Waals surface area contributed by atoms with Crippen LogP contribution >= 0.6 is 0 Å². The van der Waals surface area contributed by atoms with E-state index in [1.807, 2.05) is 0 Å². The number of carbonyl (C=O) groups is 1. The van der Waals surface area contributed by atoms with Crippen LogP contribution in [0.15, 0.2) is 42.2 Å². The Morgan fingerprint density at radius 2 is 1.78 bits per heavy atom. The zero-order valence-electron chi connectivity index (χ0n) is 9.37. The molecular formula is C13H11F3O2. The molecular weight excluding hydrogens is 245 g/mol. The summed E-state index contributed by atoms with van der Waals surface area (Å²) in [6.07, 6.45) is 0.688. The molecule has 96 valence electrons. The largest absolute Gasteiger partial charge is 0.476 e. The standard InChI is InChI=1S/C13H11F3O2/c14-11(13(17)18)8-10-6-4-9(5-7-10)2-1-3-12(15)16/h3-8H,1-2H2,(H,17,18)/b11-8-. The highest BCUT2D eigenvalue weighted by Gasteiger charge is 2.04. The number of hydrogen-bond donors (Lipinski definition) is 1. The minimum Gasteiger partial charge on any atom is -0.476 e. The topological polar surface area (TPSA) is 37.3 Å². The van der Waals surface area contributed by atoms with Crippen LogP contribution in [0.2, 0.25) is 0 Å². The lowest BCUT2D eigenvalue weighted by Crippen LogP contribution is -1.94. The van der Waals surface area contributed by atoms with E-state index in [0.717, 1.165) is 17.7 Å². The van der Waals surface area contributed by atoms with E-state index in [0.29, 0.717) is 12.0 Å². The van der Waals surface area contributed by atoms with Gasteiger partial charge in [-0.2, -0.15) is 13.2 Å². The lowest BCUT2D eigenvalue weighted by molar-refractivity contribution is -0.134. The van der Waals surface area contributed by atoms with Crippen LogP contribution in [0, 0.1) is 0 Å². The Hall–Kier alpha value is -2.04. The van der Waals surface area contributed by atoms with Crippen molar-refractivity contribution in [2.45, 2.75) is 12.8 Å². The molecule has 0 aliphatic carbocycles. The molecule has 1 aromatic carbocycles. The van der Waals surface area contributed by atoms with Crippen molar-refractivity contribution in [3.05, 3.63) is 53.4 Å². The summed E-state index contributed by atoms with van der Waals surface area (Å²) < 4.78 is 36.3. The third kappa shape index (κ3) is 4.86. The van der Waals surface area contributed by atoms with E-state index in [-0.39, 0.29) is 6.42 Å². The fourth-order valence-corrected chi connectivity index (χ4v) is 1.34. The Morgan fingerprint density at radius 1 is 1.17 bits per heavy atom. The highest BCUT2D eigenvalue weighted by molar-refractivity contribution is 5.89. The number of aliphatic carboxylic acids is 1. The van der Waals surface area contributed by atoms with Gasteiger partial charge in [-0.1, -0.05) is 24.3 Å². The molecule has 0 aliphatic heterocycles. The summed E-state index contributed by atoms with van der Waals surface area (Å²) in [5.41, 5.74) is 1.23. The van der Waals surface area contributed by atoms with Crippen molar-refractivity contribution in [3.8, 4) is 0 Å². The van der Waals surface area contributed by atoms with Crippen LogP contribution in [0.3, 0.4) is 0 Å². The minimum atomic E-state index is -1.71. The molecule has 0 fully saturated rings. The van der Waals surface area contributed by atoms with Crippen molar-refractivity contribution < 1.29 is 23.1 Å². The van der Waals surface area contributed by atoms with Crippen LogP contribution in [-0.4, -0.2) is 11.1 Å². The second-order valence-corrected chi connectivity index (χ2v) is 3.57. The summed E-state index contributed by atoms with van der Waals surface area (Å²) in [4.78, 5) is 10.3. The molecule has 1 rings (SSSR count). The number of halogens is 3. The van der Waals surface area contributed by atoms with Crippen LogP contribution in [0.5, 0.6) is 0 Å². The van der Waals surface area contributed by atoms with Gasteiger partial charge in [-0.25, -0.2) is 4.79 Å². The first kappa shape index (κ1) is 14.0. The van der Waals surface area contributed by atoms with E-state index < -0.39 is 17.9 Å². The van der Waals surface area contributed by atoms with Crippen LogP contribution in [0.25, 0.3) is 6.08 Å². The molecule has 0 amide bonds. The molecule has 2 nitrogen and oxygen atoms in total. The zero-order valence-corrected chi connectivity index (χ0v) is 9.37. The number of benzene rings is 1. The number of carboxylic acids is 1. The van der Waals surface area contributed by atoms with Gasteiger partial charge in [0.15, 0.2) is 0 Å². The van der Waals surface area contributed by atoms with Gasteiger partial charge in [0.05, 0.1) is 0 Å². The molecule has 5 heteroatoms. The predicted molar refractivity (Wildman–Crippen MR) is 61.8 cm³/mol. The Labute approximate surface area is 102 Å². The van der Waals surface area contributed by atoms with Crippen LogP contribution in [0.4, 0.5) is 13.2 Å². The molecule has 0 bridgehead atoms. The molecule has 0 saturated carbocycles.